The van der Waals surface area contributed by atoms with Gasteiger partial charge in [0, 0.05) is 22.3 Å². The first-order valence-corrected chi connectivity index (χ1v) is 2.80. The Bertz CT molecular complexity index is 39.8. The molecule has 36 valence electrons. The third-order valence-corrected chi connectivity index (χ3v) is 1.04. The molecular formula is C3H7NOS. The van der Waals surface area contributed by atoms with Crippen molar-refractivity contribution in [3.05, 3.63) is 4.91 Å². The Morgan fingerprint density at radius 3 is 2.67 bits per heavy atom. The monoisotopic (exact) mass is 105 g/mol. The predicted molar refractivity (Wildman–Crippen MR) is 28.5 cm³/mol. The van der Waals surface area contributed by atoms with E-state index in [4.69, 9.17) is 0 Å². The summed E-state index contributed by atoms with van der Waals surface area (Å²) in [4.78, 5) is 9.28. The summed E-state index contributed by atoms with van der Waals surface area (Å²) in [5, 5.41) is 0. The number of nitrogens with zero attached hydrogens (tertiary/aromatic N) is 1. The third-order valence-electron chi connectivity index (χ3n) is 0.348. The van der Waals surface area contributed by atoms with Crippen LogP contribution in [0.2, 0.25) is 0 Å². The molecule has 2 nitrogen and oxygen atoms in total. The fourth-order valence-corrected chi connectivity index (χ4v) is 0.386. The van der Waals surface area contributed by atoms with Crippen molar-refractivity contribution >= 4 is 11.9 Å². The van der Waals surface area contributed by atoms with Gasteiger partial charge in [-0.05, 0) is 6.42 Å². The van der Waals surface area contributed by atoms with E-state index in [0.29, 0.717) is 0 Å². The van der Waals surface area contributed by atoms with Crippen LogP contribution in [-0.4, -0.2) is 5.75 Å². The molecule has 0 atom stereocenters. The molecule has 6 heavy (non-hydrogen) atoms. The van der Waals surface area contributed by atoms with Crippen LogP contribution in [0, 0.1) is 4.91 Å². The Balaban J connectivity index is 2.49. The number of nitroso groups, excluding NO2 is 1. The molecule has 0 bridgehead atoms. The first-order chi connectivity index (χ1) is 2.91. The van der Waals surface area contributed by atoms with Gasteiger partial charge in [-0.15, -0.1) is 4.91 Å². The fraction of sp³-hybridized carbons (Fsp3) is 1.00. The molecule has 0 saturated heterocycles. The second-order valence-corrected chi connectivity index (χ2v) is 1.72. The molecule has 0 aromatic carbocycles. The quantitative estimate of drug-likeness (QED) is 0.311. The Labute approximate surface area is 41.4 Å². The average molecular weight is 105 g/mol. The number of rotatable bonds is 3. The maximum Gasteiger partial charge on any atom is 0.0203 e. The van der Waals surface area contributed by atoms with Crippen molar-refractivity contribution in [3.63, 3.8) is 0 Å². The average Bonchev–Trinajstić information content (AvgIpc) is 1.61. The number of hydrogen-bond acceptors (Lipinski definition) is 3. The van der Waals surface area contributed by atoms with E-state index in [9.17, 15) is 4.91 Å². The van der Waals surface area contributed by atoms with E-state index in [1.807, 2.05) is 6.92 Å². The summed E-state index contributed by atoms with van der Waals surface area (Å²) in [5.74, 6) is 0.851. The Hall–Kier alpha value is -0.0500. The summed E-state index contributed by atoms with van der Waals surface area (Å²) in [6.45, 7) is 2.01. The molecule has 0 aliphatic carbocycles. The van der Waals surface area contributed by atoms with E-state index in [0.717, 1.165) is 24.1 Å². The molecule has 0 aromatic rings. The van der Waals surface area contributed by atoms with Gasteiger partial charge in [-0.25, -0.2) is 0 Å². The van der Waals surface area contributed by atoms with Crippen molar-refractivity contribution in [2.24, 2.45) is 4.58 Å². The van der Waals surface area contributed by atoms with Crippen LogP contribution in [-0.2, 0) is 0 Å². The summed E-state index contributed by atoms with van der Waals surface area (Å²) in [7, 11) is 0. The lowest BCUT2D eigenvalue weighted by Crippen LogP contribution is -1.64. The molecule has 0 fully saturated rings. The predicted octanol–water partition coefficient (Wildman–Crippen LogP) is 1.81. The van der Waals surface area contributed by atoms with Gasteiger partial charge in [-0.1, -0.05) is 6.92 Å². The maximum absolute atomic E-state index is 9.28. The van der Waals surface area contributed by atoms with Crippen LogP contribution in [0.15, 0.2) is 4.58 Å². The van der Waals surface area contributed by atoms with Crippen LogP contribution in [0.3, 0.4) is 0 Å². The van der Waals surface area contributed by atoms with Crippen LogP contribution < -0.4 is 0 Å². The van der Waals surface area contributed by atoms with Gasteiger partial charge < -0.3 is 0 Å². The Morgan fingerprint density at radius 2 is 2.50 bits per heavy atom. The minimum atomic E-state index is 0.851. The molecule has 0 radical (unpaired) electrons. The van der Waals surface area contributed by atoms with E-state index >= 15 is 0 Å². The highest BCUT2D eigenvalue weighted by atomic mass is 32.2. The molecule has 3 heteroatoms. The molecule has 0 saturated carbocycles. The number of hydrogen-bond donors (Lipinski definition) is 0. The van der Waals surface area contributed by atoms with Gasteiger partial charge in [-0.3, -0.25) is 0 Å². The van der Waals surface area contributed by atoms with Crippen molar-refractivity contribution in [2.45, 2.75) is 13.3 Å². The Kier molecular flexibility index (Phi) is 4.91. The molecular weight excluding hydrogens is 98.1 g/mol. The Morgan fingerprint density at radius 1 is 1.83 bits per heavy atom. The largest absolute Gasteiger partial charge is 0.137 e. The summed E-state index contributed by atoms with van der Waals surface area (Å²) >= 11 is 1.08. The summed E-state index contributed by atoms with van der Waals surface area (Å²) in [6.07, 6.45) is 1.02. The van der Waals surface area contributed by atoms with Crippen LogP contribution in [0.4, 0.5) is 0 Å². The highest BCUT2D eigenvalue weighted by molar-refractivity contribution is 7.97. The molecule has 0 aliphatic heterocycles. The second kappa shape index (κ2) is 4.95. The molecule has 0 amide bonds. The lowest BCUT2D eigenvalue weighted by molar-refractivity contribution is 1.11. The van der Waals surface area contributed by atoms with Crippen LogP contribution >= 0.6 is 11.9 Å². The topological polar surface area (TPSA) is 29.4 Å². The summed E-state index contributed by atoms with van der Waals surface area (Å²) < 4.78 is 2.59. The van der Waals surface area contributed by atoms with Crippen molar-refractivity contribution < 1.29 is 0 Å². The summed E-state index contributed by atoms with van der Waals surface area (Å²) in [5.41, 5.74) is 0. The summed E-state index contributed by atoms with van der Waals surface area (Å²) in [6, 6.07) is 0. The zero-order valence-corrected chi connectivity index (χ0v) is 4.49. The lowest BCUT2D eigenvalue weighted by atomic mass is 10.6. The molecule has 0 unspecified atom stereocenters. The SMILES string of the molecule is CCCSN=O. The second-order valence-electron chi connectivity index (χ2n) is 0.908. The highest BCUT2D eigenvalue weighted by Crippen LogP contribution is 1.99. The molecule has 0 N–H and O–H groups in total. The molecule has 0 rings (SSSR count). The van der Waals surface area contributed by atoms with Gasteiger partial charge in [0.15, 0.2) is 0 Å². The maximum atomic E-state index is 9.28. The van der Waals surface area contributed by atoms with Gasteiger partial charge in [0.1, 0.15) is 0 Å². The minimum absolute atomic E-state index is 0.851. The molecule has 0 heterocycles. The highest BCUT2D eigenvalue weighted by Gasteiger charge is 1.76. The van der Waals surface area contributed by atoms with Gasteiger partial charge >= 0.3 is 0 Å². The molecule has 0 aromatic heterocycles. The van der Waals surface area contributed by atoms with Crippen molar-refractivity contribution in [1.82, 2.24) is 0 Å². The van der Waals surface area contributed by atoms with E-state index in [-0.39, 0.29) is 0 Å². The lowest BCUT2D eigenvalue weighted by Gasteiger charge is -1.77. The standard InChI is InChI=1S/C3H7NOS/c1-2-3-6-4-5/h2-3H2,1H3. The van der Waals surface area contributed by atoms with E-state index in [1.54, 1.807) is 0 Å². The van der Waals surface area contributed by atoms with Crippen molar-refractivity contribution in [2.75, 3.05) is 5.75 Å². The van der Waals surface area contributed by atoms with Gasteiger partial charge in [0.25, 0.3) is 0 Å². The van der Waals surface area contributed by atoms with Gasteiger partial charge in [-0.2, -0.15) is 0 Å². The molecule has 0 aliphatic rings. The van der Waals surface area contributed by atoms with Crippen LogP contribution in [0.1, 0.15) is 13.3 Å². The fourth-order valence-electron chi connectivity index (χ4n) is 0.129. The molecule has 0 spiro atoms. The first-order valence-electron chi connectivity index (χ1n) is 1.86. The third kappa shape index (κ3) is 3.95. The zero-order chi connectivity index (χ0) is 4.83. The van der Waals surface area contributed by atoms with Crippen LogP contribution in [0.5, 0.6) is 0 Å². The minimum Gasteiger partial charge on any atom is -0.137 e. The zero-order valence-electron chi connectivity index (χ0n) is 3.68. The van der Waals surface area contributed by atoms with Crippen LogP contribution in [0.25, 0.3) is 0 Å². The van der Waals surface area contributed by atoms with Crippen molar-refractivity contribution in [3.8, 4) is 0 Å². The van der Waals surface area contributed by atoms with E-state index in [2.05, 4.69) is 4.58 Å². The van der Waals surface area contributed by atoms with Crippen molar-refractivity contribution in [1.29, 1.82) is 0 Å². The normalized spacial score (nSPS) is 8.17. The van der Waals surface area contributed by atoms with E-state index < -0.39 is 0 Å². The van der Waals surface area contributed by atoms with Gasteiger partial charge in [0.2, 0.25) is 0 Å². The first kappa shape index (κ1) is 5.95. The smallest absolute Gasteiger partial charge is 0.0203 e. The van der Waals surface area contributed by atoms with E-state index in [1.165, 1.54) is 0 Å². The van der Waals surface area contributed by atoms with Gasteiger partial charge in [0.05, 0.1) is 0 Å².